The quantitative estimate of drug-likeness (QED) is 0.129. The molecule has 2 aliphatic heterocycles. The number of ketones is 1. The molecule has 1 amide bonds. The minimum Gasteiger partial charge on any atom is -0.488 e. The summed E-state index contributed by atoms with van der Waals surface area (Å²) in [6.07, 6.45) is 1.79. The average Bonchev–Trinajstić information content (AvgIpc) is 3.84. The van der Waals surface area contributed by atoms with Crippen LogP contribution < -0.4 is 20.1 Å². The summed E-state index contributed by atoms with van der Waals surface area (Å²) in [4.78, 5) is 30.7. The molecule has 3 fully saturated rings. The first-order valence-electron chi connectivity index (χ1n) is 16.0. The molecular weight excluding hydrogens is 634 g/mol. The number of alkyl halides is 3. The number of hydrogen-bond donors (Lipinski definition) is 2. The van der Waals surface area contributed by atoms with Crippen LogP contribution >= 0.6 is 11.8 Å². The van der Waals surface area contributed by atoms with Crippen LogP contribution in [-0.4, -0.2) is 52.4 Å². The second-order valence-electron chi connectivity index (χ2n) is 12.5. The largest absolute Gasteiger partial charge is 0.488 e. The minimum atomic E-state index is -4.60. The number of pyridine rings is 1. The van der Waals surface area contributed by atoms with Crippen LogP contribution in [0.5, 0.6) is 11.6 Å². The van der Waals surface area contributed by atoms with Gasteiger partial charge in [-0.15, -0.1) is 0 Å². The van der Waals surface area contributed by atoms with Crippen LogP contribution in [0.25, 0.3) is 0 Å². The van der Waals surface area contributed by atoms with E-state index in [1.165, 1.54) is 12.1 Å². The van der Waals surface area contributed by atoms with Crippen molar-refractivity contribution < 1.29 is 36.6 Å². The Morgan fingerprint density at radius 3 is 2.43 bits per heavy atom. The summed E-state index contributed by atoms with van der Waals surface area (Å²) in [5.41, 5.74) is -0.0816. The molecule has 6 rings (SSSR count). The number of rotatable bonds is 11. The molecule has 2 aromatic carbocycles. The molecular formula is C35H37F4N3O4S. The number of nitrogens with one attached hydrogen (secondary N) is 2. The first kappa shape index (κ1) is 33.3. The van der Waals surface area contributed by atoms with E-state index in [-0.39, 0.29) is 53.3 Å². The molecule has 3 aliphatic rings. The van der Waals surface area contributed by atoms with Gasteiger partial charge in [-0.3, -0.25) is 9.59 Å². The highest BCUT2D eigenvalue weighted by molar-refractivity contribution is 7.99. The highest BCUT2D eigenvalue weighted by Crippen LogP contribution is 2.36. The third kappa shape index (κ3) is 8.64. The molecule has 1 aromatic heterocycles. The van der Waals surface area contributed by atoms with Gasteiger partial charge in [0.05, 0.1) is 28.9 Å². The molecule has 12 heteroatoms. The number of Topliss-reactive ketones (excluding diaryl/α,β-unsaturated/α-hetero) is 1. The van der Waals surface area contributed by atoms with E-state index in [4.69, 9.17) is 9.47 Å². The van der Waals surface area contributed by atoms with Gasteiger partial charge in [-0.1, -0.05) is 30.3 Å². The average molecular weight is 672 g/mol. The zero-order valence-corrected chi connectivity index (χ0v) is 26.5. The second kappa shape index (κ2) is 14.6. The second-order valence-corrected chi connectivity index (χ2v) is 13.7. The maximum absolute atomic E-state index is 14.1. The fraction of sp³-hybridized carbons (Fsp3) is 0.457. The van der Waals surface area contributed by atoms with Gasteiger partial charge in [0, 0.05) is 12.1 Å². The SMILES string of the molecule is O=C(NC1CCC(CC2NC2C(=O)c2cc(F)cnc2OC2CCSCC2)CC1)c1cc(C(F)(F)F)ccc1OCc1ccccc1. The van der Waals surface area contributed by atoms with Crippen molar-refractivity contribution in [2.75, 3.05) is 11.5 Å². The van der Waals surface area contributed by atoms with Gasteiger partial charge in [-0.2, -0.15) is 24.9 Å². The lowest BCUT2D eigenvalue weighted by Crippen LogP contribution is -2.38. The number of halogens is 4. The van der Waals surface area contributed by atoms with Crippen LogP contribution in [-0.2, 0) is 12.8 Å². The highest BCUT2D eigenvalue weighted by Gasteiger charge is 2.45. The minimum absolute atomic E-state index is 0.0404. The van der Waals surface area contributed by atoms with Crippen LogP contribution in [0.15, 0.2) is 60.8 Å². The van der Waals surface area contributed by atoms with E-state index in [0.717, 1.165) is 67.5 Å². The van der Waals surface area contributed by atoms with Gasteiger partial charge in [0.15, 0.2) is 5.78 Å². The standard InChI is InChI=1S/C35H37F4N3O4S/c36-24-18-28(34(40-19-24)46-26-12-14-47-15-13-26)32(43)31-29(42-31)16-21-6-9-25(10-7-21)41-33(44)27-17-23(35(37,38)39)8-11-30(27)45-20-22-4-2-1-3-5-22/h1-5,8,11,17-19,21,25-26,29,31,42H,6-7,9-10,12-16,20H2,(H,41,44). The third-order valence-electron chi connectivity index (χ3n) is 9.06. The lowest BCUT2D eigenvalue weighted by Gasteiger charge is -2.29. The van der Waals surface area contributed by atoms with E-state index in [0.29, 0.717) is 18.8 Å². The maximum atomic E-state index is 14.1. The number of carbonyl (C=O) groups is 2. The van der Waals surface area contributed by atoms with Crippen molar-refractivity contribution in [3.63, 3.8) is 0 Å². The fourth-order valence-electron chi connectivity index (χ4n) is 6.36. The van der Waals surface area contributed by atoms with Crippen LogP contribution in [0.1, 0.15) is 76.8 Å². The Hall–Kier alpha value is -3.64. The van der Waals surface area contributed by atoms with E-state index in [1.807, 2.05) is 42.1 Å². The van der Waals surface area contributed by atoms with Gasteiger partial charge < -0.3 is 20.1 Å². The van der Waals surface area contributed by atoms with Crippen molar-refractivity contribution in [3.8, 4) is 11.6 Å². The Morgan fingerprint density at radius 2 is 1.70 bits per heavy atom. The molecule has 250 valence electrons. The van der Waals surface area contributed by atoms with E-state index < -0.39 is 29.5 Å². The number of amides is 1. The number of carbonyl (C=O) groups excluding carboxylic acids is 2. The summed E-state index contributed by atoms with van der Waals surface area (Å²) in [6, 6.07) is 12.7. The number of hydrogen-bond acceptors (Lipinski definition) is 7. The molecule has 2 saturated heterocycles. The topological polar surface area (TPSA) is 99.5 Å². The number of nitrogens with zero attached hydrogens (tertiary/aromatic N) is 1. The Morgan fingerprint density at radius 1 is 0.957 bits per heavy atom. The number of ether oxygens (including phenoxy) is 2. The summed E-state index contributed by atoms with van der Waals surface area (Å²) in [5, 5.41) is 6.16. The summed E-state index contributed by atoms with van der Waals surface area (Å²) < 4.78 is 66.4. The maximum Gasteiger partial charge on any atom is 0.416 e. The Kier molecular flexibility index (Phi) is 10.4. The lowest BCUT2D eigenvalue weighted by molar-refractivity contribution is -0.137. The molecule has 2 N–H and O–H groups in total. The predicted molar refractivity (Wildman–Crippen MR) is 170 cm³/mol. The summed E-state index contributed by atoms with van der Waals surface area (Å²) in [7, 11) is 0. The van der Waals surface area contributed by atoms with E-state index in [1.54, 1.807) is 0 Å². The smallest absolute Gasteiger partial charge is 0.416 e. The fourth-order valence-corrected chi connectivity index (χ4v) is 7.43. The number of benzene rings is 2. The van der Waals surface area contributed by atoms with E-state index in [2.05, 4.69) is 15.6 Å². The van der Waals surface area contributed by atoms with Crippen molar-refractivity contribution in [2.45, 2.75) is 82.0 Å². The highest BCUT2D eigenvalue weighted by atomic mass is 32.2. The Bertz CT molecular complexity index is 1560. The first-order valence-corrected chi connectivity index (χ1v) is 17.2. The van der Waals surface area contributed by atoms with Crippen LogP contribution in [0.4, 0.5) is 17.6 Å². The zero-order chi connectivity index (χ0) is 33.0. The van der Waals surface area contributed by atoms with Gasteiger partial charge in [0.1, 0.15) is 24.3 Å². The zero-order valence-electron chi connectivity index (χ0n) is 25.7. The molecule has 0 spiro atoms. The lowest BCUT2D eigenvalue weighted by atomic mass is 9.82. The van der Waals surface area contributed by atoms with Crippen molar-refractivity contribution in [1.29, 1.82) is 0 Å². The molecule has 1 aliphatic carbocycles. The molecule has 1 saturated carbocycles. The molecule has 3 aromatic rings. The van der Waals surface area contributed by atoms with Gasteiger partial charge >= 0.3 is 6.18 Å². The number of thioether (sulfide) groups is 1. The predicted octanol–water partition coefficient (Wildman–Crippen LogP) is 6.99. The van der Waals surface area contributed by atoms with Gasteiger partial charge in [0.2, 0.25) is 5.88 Å². The molecule has 3 heterocycles. The van der Waals surface area contributed by atoms with Crippen molar-refractivity contribution >= 4 is 23.5 Å². The summed E-state index contributed by atoms with van der Waals surface area (Å²) in [5.74, 6) is 1.11. The molecule has 7 nitrogen and oxygen atoms in total. The molecule has 0 radical (unpaired) electrons. The summed E-state index contributed by atoms with van der Waals surface area (Å²) in [6.45, 7) is 0.111. The van der Waals surface area contributed by atoms with E-state index in [9.17, 15) is 27.2 Å². The normalized spacial score (nSPS) is 23.1. The molecule has 2 unspecified atom stereocenters. The Balaban J connectivity index is 1.02. The van der Waals surface area contributed by atoms with Crippen LogP contribution in [0.2, 0.25) is 0 Å². The van der Waals surface area contributed by atoms with Gasteiger partial charge in [0.25, 0.3) is 5.91 Å². The van der Waals surface area contributed by atoms with Crippen LogP contribution in [0, 0.1) is 11.7 Å². The van der Waals surface area contributed by atoms with Crippen LogP contribution in [0.3, 0.4) is 0 Å². The van der Waals surface area contributed by atoms with Crippen molar-refractivity contribution in [2.24, 2.45) is 5.92 Å². The van der Waals surface area contributed by atoms with Gasteiger partial charge in [-0.05, 0) is 92.2 Å². The monoisotopic (exact) mass is 671 g/mol. The summed E-state index contributed by atoms with van der Waals surface area (Å²) >= 11 is 1.86. The number of aromatic nitrogens is 1. The van der Waals surface area contributed by atoms with E-state index >= 15 is 0 Å². The molecule has 0 bridgehead atoms. The molecule has 2 atom stereocenters. The molecule has 47 heavy (non-hydrogen) atoms. The van der Waals surface area contributed by atoms with Crippen molar-refractivity contribution in [1.82, 2.24) is 15.6 Å². The van der Waals surface area contributed by atoms with Crippen molar-refractivity contribution in [3.05, 3.63) is 88.9 Å². The third-order valence-corrected chi connectivity index (χ3v) is 10.1. The van der Waals surface area contributed by atoms with Gasteiger partial charge in [-0.25, -0.2) is 9.37 Å². The Labute approximate surface area is 275 Å². The first-order chi connectivity index (χ1) is 22.6.